The van der Waals surface area contributed by atoms with Crippen molar-refractivity contribution in [2.75, 3.05) is 11.9 Å². The van der Waals surface area contributed by atoms with Gasteiger partial charge in [-0.1, -0.05) is 21.9 Å². The maximum atomic E-state index is 11.2. The van der Waals surface area contributed by atoms with Crippen LogP contribution in [0.4, 0.5) is 10.5 Å². The van der Waals surface area contributed by atoms with Gasteiger partial charge >= 0.3 is 6.09 Å². The lowest BCUT2D eigenvalue weighted by Crippen LogP contribution is -2.14. The molecule has 0 aromatic heterocycles. The molecule has 0 heterocycles. The van der Waals surface area contributed by atoms with E-state index in [1.807, 2.05) is 12.1 Å². The Kier molecular flexibility index (Phi) is 4.91. The molecule has 1 N–H and O–H groups in total. The summed E-state index contributed by atoms with van der Waals surface area (Å²) in [6.07, 6.45) is 4.41. The molecule has 3 nitrogen and oxygen atoms in total. The summed E-state index contributed by atoms with van der Waals surface area (Å²) in [5.41, 5.74) is 0.687. The zero-order chi connectivity index (χ0) is 11.3. The largest absolute Gasteiger partial charge is 0.436 e. The Labute approximate surface area is 110 Å². The van der Waals surface area contributed by atoms with Gasteiger partial charge in [-0.3, -0.25) is 5.32 Å². The Bertz CT molecular complexity index is 414. The van der Waals surface area contributed by atoms with Crippen molar-refractivity contribution in [3.05, 3.63) is 26.2 Å². The highest BCUT2D eigenvalue weighted by Crippen LogP contribution is 2.22. The molecule has 1 amide bonds. The molecule has 0 spiro atoms. The van der Waals surface area contributed by atoms with E-state index in [0.29, 0.717) is 5.69 Å². The van der Waals surface area contributed by atoms with Crippen molar-refractivity contribution in [2.45, 2.75) is 0 Å². The topological polar surface area (TPSA) is 38.3 Å². The van der Waals surface area contributed by atoms with Crippen LogP contribution in [-0.4, -0.2) is 12.7 Å². The summed E-state index contributed by atoms with van der Waals surface area (Å²) in [5, 5.41) is 2.59. The number of hydrogen-bond acceptors (Lipinski definition) is 2. The molecular formula is C10H7BrINO2. The number of nitrogens with one attached hydrogen (secondary N) is 1. The van der Waals surface area contributed by atoms with Crippen LogP contribution >= 0.6 is 38.5 Å². The number of benzene rings is 1. The molecular weight excluding hydrogens is 373 g/mol. The minimum Gasteiger partial charge on any atom is -0.436 e. The highest BCUT2D eigenvalue weighted by molar-refractivity contribution is 14.1. The Hall–Kier alpha value is -0.740. The quantitative estimate of drug-likeness (QED) is 0.632. The predicted molar refractivity (Wildman–Crippen MR) is 70.7 cm³/mol. The van der Waals surface area contributed by atoms with Crippen LogP contribution in [0, 0.1) is 15.9 Å². The first-order valence-corrected chi connectivity index (χ1v) is 5.83. The first-order valence-electron chi connectivity index (χ1n) is 3.96. The maximum Gasteiger partial charge on any atom is 0.412 e. The molecule has 1 aromatic carbocycles. The van der Waals surface area contributed by atoms with Crippen LogP contribution in [0.1, 0.15) is 0 Å². The van der Waals surface area contributed by atoms with Gasteiger partial charge in [0, 0.05) is 8.04 Å². The normalized spacial score (nSPS) is 9.13. The van der Waals surface area contributed by atoms with Crippen LogP contribution in [0.25, 0.3) is 0 Å². The second-order valence-corrected chi connectivity index (χ2v) is 4.61. The van der Waals surface area contributed by atoms with E-state index in [0.717, 1.165) is 8.04 Å². The van der Waals surface area contributed by atoms with Crippen LogP contribution < -0.4 is 5.32 Å². The smallest absolute Gasteiger partial charge is 0.412 e. The van der Waals surface area contributed by atoms with E-state index >= 15 is 0 Å². The Morgan fingerprint density at radius 2 is 2.40 bits per heavy atom. The minimum absolute atomic E-state index is 0.0313. The highest BCUT2D eigenvalue weighted by atomic mass is 127. The van der Waals surface area contributed by atoms with Gasteiger partial charge in [0.15, 0.2) is 6.61 Å². The summed E-state index contributed by atoms with van der Waals surface area (Å²) in [5.74, 6) is 2.22. The van der Waals surface area contributed by atoms with Gasteiger partial charge in [0.25, 0.3) is 0 Å². The number of terminal acetylenes is 1. The summed E-state index contributed by atoms with van der Waals surface area (Å²) in [7, 11) is 0. The molecule has 0 fully saturated rings. The van der Waals surface area contributed by atoms with Crippen molar-refractivity contribution >= 4 is 50.3 Å². The molecule has 0 atom stereocenters. The van der Waals surface area contributed by atoms with E-state index in [1.165, 1.54) is 0 Å². The maximum absolute atomic E-state index is 11.2. The summed E-state index contributed by atoms with van der Waals surface area (Å²) in [4.78, 5) is 11.2. The fourth-order valence-corrected chi connectivity index (χ4v) is 1.68. The first-order chi connectivity index (χ1) is 7.13. The summed E-state index contributed by atoms with van der Waals surface area (Å²) < 4.78 is 6.49. The highest BCUT2D eigenvalue weighted by Gasteiger charge is 2.05. The lowest BCUT2D eigenvalue weighted by Gasteiger charge is -2.07. The fraction of sp³-hybridized carbons (Fsp3) is 0.100. The van der Waals surface area contributed by atoms with Crippen molar-refractivity contribution < 1.29 is 9.53 Å². The lowest BCUT2D eigenvalue weighted by atomic mass is 10.3. The van der Waals surface area contributed by atoms with E-state index in [1.54, 1.807) is 6.07 Å². The van der Waals surface area contributed by atoms with E-state index in [9.17, 15) is 4.79 Å². The molecule has 1 rings (SSSR count). The molecule has 0 saturated carbocycles. The Morgan fingerprint density at radius 3 is 3.07 bits per heavy atom. The van der Waals surface area contributed by atoms with Crippen LogP contribution in [-0.2, 0) is 4.74 Å². The molecule has 0 aliphatic heterocycles. The number of carbonyl (C=O) groups is 1. The van der Waals surface area contributed by atoms with Gasteiger partial charge in [-0.05, 0) is 40.8 Å². The minimum atomic E-state index is -0.552. The second kappa shape index (κ2) is 5.98. The molecule has 0 saturated heterocycles. The molecule has 0 aliphatic rings. The lowest BCUT2D eigenvalue weighted by molar-refractivity contribution is 0.176. The number of carbonyl (C=O) groups excluding carboxylic acids is 1. The van der Waals surface area contributed by atoms with Crippen LogP contribution in [0.5, 0.6) is 0 Å². The molecule has 1 aromatic rings. The number of anilines is 1. The van der Waals surface area contributed by atoms with Crippen molar-refractivity contribution in [3.63, 3.8) is 0 Å². The monoisotopic (exact) mass is 379 g/mol. The van der Waals surface area contributed by atoms with Gasteiger partial charge in [-0.15, -0.1) is 6.42 Å². The molecule has 0 aliphatic carbocycles. The number of halogens is 2. The van der Waals surface area contributed by atoms with E-state index in [-0.39, 0.29) is 6.61 Å². The third-order valence-corrected chi connectivity index (χ3v) is 2.89. The van der Waals surface area contributed by atoms with E-state index in [4.69, 9.17) is 6.42 Å². The summed E-state index contributed by atoms with van der Waals surface area (Å²) in [6.45, 7) is -0.0313. The first kappa shape index (κ1) is 12.3. The van der Waals surface area contributed by atoms with E-state index in [2.05, 4.69) is 54.5 Å². The van der Waals surface area contributed by atoms with Crippen LogP contribution in [0.2, 0.25) is 0 Å². The zero-order valence-corrected chi connectivity index (χ0v) is 11.3. The van der Waals surface area contributed by atoms with Gasteiger partial charge in [0.1, 0.15) is 0 Å². The molecule has 78 valence electrons. The number of hydrogen-bond donors (Lipinski definition) is 1. The average molecular weight is 380 g/mol. The van der Waals surface area contributed by atoms with E-state index < -0.39 is 6.09 Å². The van der Waals surface area contributed by atoms with Gasteiger partial charge in [0.2, 0.25) is 0 Å². The summed E-state index contributed by atoms with van der Waals surface area (Å²) in [6, 6.07) is 5.56. The van der Waals surface area contributed by atoms with Crippen molar-refractivity contribution in [1.29, 1.82) is 0 Å². The Balaban J connectivity index is 2.68. The number of ether oxygens (including phenoxy) is 1. The summed E-state index contributed by atoms with van der Waals surface area (Å²) >= 11 is 5.43. The molecule has 15 heavy (non-hydrogen) atoms. The van der Waals surface area contributed by atoms with Gasteiger partial charge in [0.05, 0.1) is 5.69 Å². The molecule has 0 bridgehead atoms. The molecule has 5 heteroatoms. The number of rotatable bonds is 2. The third kappa shape index (κ3) is 4.10. The SMILES string of the molecule is C#CCOC(=O)Nc1cc(Br)ccc1I. The van der Waals surface area contributed by atoms with Crippen molar-refractivity contribution in [2.24, 2.45) is 0 Å². The van der Waals surface area contributed by atoms with Crippen LogP contribution in [0.15, 0.2) is 22.7 Å². The fourth-order valence-electron chi connectivity index (χ4n) is 0.847. The van der Waals surface area contributed by atoms with Crippen molar-refractivity contribution in [1.82, 2.24) is 0 Å². The zero-order valence-electron chi connectivity index (χ0n) is 7.59. The molecule has 0 unspecified atom stereocenters. The predicted octanol–water partition coefficient (Wildman–Crippen LogP) is 3.24. The van der Waals surface area contributed by atoms with Gasteiger partial charge in [-0.2, -0.15) is 0 Å². The second-order valence-electron chi connectivity index (χ2n) is 2.53. The Morgan fingerprint density at radius 1 is 1.67 bits per heavy atom. The van der Waals surface area contributed by atoms with Crippen LogP contribution in [0.3, 0.4) is 0 Å². The number of amides is 1. The van der Waals surface area contributed by atoms with Gasteiger partial charge < -0.3 is 4.74 Å². The van der Waals surface area contributed by atoms with Crippen molar-refractivity contribution in [3.8, 4) is 12.3 Å². The average Bonchev–Trinajstić information content (AvgIpc) is 2.20. The third-order valence-electron chi connectivity index (χ3n) is 1.45. The standard InChI is InChI=1S/C10H7BrINO2/c1-2-5-15-10(14)13-9-6-7(11)3-4-8(9)12/h1,3-4,6H,5H2,(H,13,14). The van der Waals surface area contributed by atoms with Gasteiger partial charge in [-0.25, -0.2) is 4.79 Å². The molecule has 0 radical (unpaired) electrons.